The summed E-state index contributed by atoms with van der Waals surface area (Å²) in [6, 6.07) is 0.534. The lowest BCUT2D eigenvalue weighted by Gasteiger charge is -2.47. The Hall–Kier alpha value is -0.420. The van der Waals surface area contributed by atoms with Gasteiger partial charge in [0.2, 0.25) is 0 Å². The van der Waals surface area contributed by atoms with Crippen LogP contribution in [-0.2, 0) is 0 Å². The maximum atomic E-state index is 3.46. The number of hydrogen-bond donors (Lipinski definition) is 2. The lowest BCUT2D eigenvalue weighted by molar-refractivity contribution is 0.107. The van der Waals surface area contributed by atoms with Crippen LogP contribution in [0, 0.1) is 0 Å². The Labute approximate surface area is 124 Å². The van der Waals surface area contributed by atoms with Crippen LogP contribution in [0.1, 0.15) is 27.7 Å². The first-order valence-corrected chi connectivity index (χ1v) is 8.14. The molecule has 0 bridgehead atoms. The highest BCUT2D eigenvalue weighted by Gasteiger charge is 2.35. The molecule has 1 unspecified atom stereocenters. The summed E-state index contributed by atoms with van der Waals surface area (Å²) in [7, 11) is 0. The minimum absolute atomic E-state index is 0.154. The third-order valence-corrected chi connectivity index (χ3v) is 5.07. The zero-order valence-corrected chi connectivity index (χ0v) is 13.7. The van der Waals surface area contributed by atoms with Gasteiger partial charge in [-0.1, -0.05) is 6.08 Å². The van der Waals surface area contributed by atoms with Crippen LogP contribution in [0.2, 0.25) is 0 Å². The molecule has 0 spiro atoms. The van der Waals surface area contributed by atoms with E-state index >= 15 is 0 Å². The Balaban J connectivity index is 2.08. The smallest absolute Gasteiger partial charge is 0.0380 e. The summed E-state index contributed by atoms with van der Waals surface area (Å²) < 4.78 is 0. The molecule has 1 atom stereocenters. The van der Waals surface area contributed by atoms with Gasteiger partial charge in [-0.25, -0.2) is 0 Å². The summed E-state index contributed by atoms with van der Waals surface area (Å²) in [5.41, 5.74) is 1.72. The maximum absolute atomic E-state index is 3.46. The van der Waals surface area contributed by atoms with Gasteiger partial charge in [0.25, 0.3) is 0 Å². The molecular weight excluding hydrogens is 248 g/mol. The Kier molecular flexibility index (Phi) is 5.61. The van der Waals surface area contributed by atoms with Crippen LogP contribution < -0.4 is 10.6 Å². The zero-order valence-electron chi connectivity index (χ0n) is 13.7. The van der Waals surface area contributed by atoms with E-state index in [-0.39, 0.29) is 5.54 Å². The van der Waals surface area contributed by atoms with E-state index in [9.17, 15) is 0 Å². The van der Waals surface area contributed by atoms with Crippen LogP contribution in [0.4, 0.5) is 0 Å². The summed E-state index contributed by atoms with van der Waals surface area (Å²) in [5, 5.41) is 6.91. The highest BCUT2D eigenvalue weighted by atomic mass is 15.3. The maximum Gasteiger partial charge on any atom is 0.0380 e. The molecule has 0 aromatic carbocycles. The van der Waals surface area contributed by atoms with Crippen molar-refractivity contribution in [1.29, 1.82) is 0 Å². The number of rotatable bonds is 4. The molecule has 2 heterocycles. The molecule has 2 rings (SSSR count). The van der Waals surface area contributed by atoms with E-state index in [1.807, 2.05) is 0 Å². The fourth-order valence-corrected chi connectivity index (χ4v) is 3.78. The van der Waals surface area contributed by atoms with Crippen molar-refractivity contribution in [3.05, 3.63) is 11.6 Å². The van der Waals surface area contributed by atoms with Crippen LogP contribution in [0.3, 0.4) is 0 Å². The van der Waals surface area contributed by atoms with Crippen LogP contribution in [-0.4, -0.2) is 73.7 Å². The van der Waals surface area contributed by atoms with Gasteiger partial charge in [-0.2, -0.15) is 0 Å². The molecular formula is C16H32N4. The minimum Gasteiger partial charge on any atom is -0.314 e. The summed E-state index contributed by atoms with van der Waals surface area (Å²) in [4.78, 5) is 5.26. The molecule has 0 saturated carbocycles. The molecule has 2 aliphatic rings. The first-order valence-electron chi connectivity index (χ1n) is 8.14. The van der Waals surface area contributed by atoms with Crippen LogP contribution in [0.5, 0.6) is 0 Å². The number of nitrogens with zero attached hydrogens (tertiary/aromatic N) is 2. The summed E-state index contributed by atoms with van der Waals surface area (Å²) in [6.07, 6.45) is 2.36. The molecule has 2 aliphatic heterocycles. The predicted octanol–water partition coefficient (Wildman–Crippen LogP) is 0.910. The van der Waals surface area contributed by atoms with Crippen LogP contribution in [0.25, 0.3) is 0 Å². The van der Waals surface area contributed by atoms with Gasteiger partial charge in [0.05, 0.1) is 0 Å². The number of allylic oxidation sites excluding steroid dienone is 1. The average Bonchev–Trinajstić information content (AvgIpc) is 2.49. The molecule has 0 aromatic heterocycles. The molecule has 0 aromatic rings. The molecule has 4 nitrogen and oxygen atoms in total. The first-order chi connectivity index (χ1) is 9.57. The van der Waals surface area contributed by atoms with E-state index in [1.54, 1.807) is 5.57 Å². The summed E-state index contributed by atoms with van der Waals surface area (Å²) in [6.45, 7) is 18.5. The van der Waals surface area contributed by atoms with Gasteiger partial charge in [-0.3, -0.25) is 9.80 Å². The minimum atomic E-state index is 0.154. The molecule has 4 heteroatoms. The van der Waals surface area contributed by atoms with Crippen molar-refractivity contribution in [2.45, 2.75) is 39.3 Å². The van der Waals surface area contributed by atoms with E-state index in [0.29, 0.717) is 6.04 Å². The van der Waals surface area contributed by atoms with Gasteiger partial charge in [-0.15, -0.1) is 0 Å². The summed E-state index contributed by atoms with van der Waals surface area (Å²) >= 11 is 0. The number of nitrogens with one attached hydrogen (secondary N) is 2. The van der Waals surface area contributed by atoms with Crippen molar-refractivity contribution in [2.24, 2.45) is 0 Å². The first kappa shape index (κ1) is 16.0. The Bertz CT molecular complexity index is 325. The van der Waals surface area contributed by atoms with Gasteiger partial charge in [-0.05, 0) is 33.3 Å². The fraction of sp³-hybridized carbons (Fsp3) is 0.875. The number of hydrogen-bond acceptors (Lipinski definition) is 4. The van der Waals surface area contributed by atoms with E-state index in [4.69, 9.17) is 0 Å². The standard InChI is InChI=1S/C16H32N4/c1-5-15(14(2)19-10-6-17-7-11-19)16(3,4)20-12-8-18-9-13-20/h5,14,17-18H,6-13H2,1-4H3/b15-5+. The molecule has 0 radical (unpaired) electrons. The quantitative estimate of drug-likeness (QED) is 0.750. The van der Waals surface area contributed by atoms with Crippen molar-refractivity contribution in [2.75, 3.05) is 52.4 Å². The second-order valence-corrected chi connectivity index (χ2v) is 6.50. The predicted molar refractivity (Wildman–Crippen MR) is 86.2 cm³/mol. The van der Waals surface area contributed by atoms with E-state index in [2.05, 4.69) is 54.2 Å². The lowest BCUT2D eigenvalue weighted by Crippen LogP contribution is -2.58. The van der Waals surface area contributed by atoms with Crippen molar-refractivity contribution in [3.8, 4) is 0 Å². The molecule has 0 aliphatic carbocycles. The Morgan fingerprint density at radius 2 is 1.50 bits per heavy atom. The van der Waals surface area contributed by atoms with E-state index < -0.39 is 0 Å². The summed E-state index contributed by atoms with van der Waals surface area (Å²) in [5.74, 6) is 0. The fourth-order valence-electron chi connectivity index (χ4n) is 3.78. The van der Waals surface area contributed by atoms with Crippen molar-refractivity contribution >= 4 is 0 Å². The second kappa shape index (κ2) is 7.03. The molecule has 2 saturated heterocycles. The highest BCUT2D eigenvalue weighted by molar-refractivity contribution is 5.23. The second-order valence-electron chi connectivity index (χ2n) is 6.50. The van der Waals surface area contributed by atoms with Crippen molar-refractivity contribution in [1.82, 2.24) is 20.4 Å². The monoisotopic (exact) mass is 280 g/mol. The average molecular weight is 280 g/mol. The van der Waals surface area contributed by atoms with Crippen LogP contribution in [0.15, 0.2) is 11.6 Å². The van der Waals surface area contributed by atoms with Gasteiger partial charge >= 0.3 is 0 Å². The SMILES string of the molecule is C/C=C(\C(C)N1CCNCC1)C(C)(C)N1CCNCC1. The third-order valence-electron chi connectivity index (χ3n) is 5.07. The zero-order chi connectivity index (χ0) is 14.6. The van der Waals surface area contributed by atoms with Crippen LogP contribution >= 0.6 is 0 Å². The highest BCUT2D eigenvalue weighted by Crippen LogP contribution is 2.29. The van der Waals surface area contributed by atoms with Gasteiger partial charge in [0, 0.05) is 63.9 Å². The molecule has 116 valence electrons. The van der Waals surface area contributed by atoms with E-state index in [0.717, 1.165) is 52.4 Å². The Morgan fingerprint density at radius 3 is 2.00 bits per heavy atom. The lowest BCUT2D eigenvalue weighted by atomic mass is 9.85. The van der Waals surface area contributed by atoms with E-state index in [1.165, 1.54) is 0 Å². The van der Waals surface area contributed by atoms with Gasteiger partial charge in [0.1, 0.15) is 0 Å². The normalized spacial score (nSPS) is 25.7. The number of piperazine rings is 2. The Morgan fingerprint density at radius 1 is 1.00 bits per heavy atom. The third kappa shape index (κ3) is 3.42. The molecule has 20 heavy (non-hydrogen) atoms. The molecule has 0 amide bonds. The largest absolute Gasteiger partial charge is 0.314 e. The van der Waals surface area contributed by atoms with Gasteiger partial charge in [0.15, 0.2) is 0 Å². The molecule has 2 N–H and O–H groups in total. The van der Waals surface area contributed by atoms with Gasteiger partial charge < -0.3 is 10.6 Å². The van der Waals surface area contributed by atoms with Crippen molar-refractivity contribution in [3.63, 3.8) is 0 Å². The van der Waals surface area contributed by atoms with Crippen molar-refractivity contribution < 1.29 is 0 Å². The topological polar surface area (TPSA) is 30.5 Å². The molecule has 2 fully saturated rings.